The molecule has 0 saturated heterocycles. The van der Waals surface area contributed by atoms with Crippen LogP contribution in [0.25, 0.3) is 0 Å². The lowest BCUT2D eigenvalue weighted by Gasteiger charge is -2.23. The molecular weight excluding hydrogens is 280 g/mol. The second-order valence-corrected chi connectivity index (χ2v) is 6.22. The molecule has 3 nitrogen and oxygen atoms in total. The van der Waals surface area contributed by atoms with Crippen LogP contribution in [0.1, 0.15) is 29.2 Å². The molecule has 0 fully saturated rings. The van der Waals surface area contributed by atoms with Gasteiger partial charge in [-0.2, -0.15) is 0 Å². The van der Waals surface area contributed by atoms with Gasteiger partial charge in [0.2, 0.25) is 0 Å². The number of nitrogens with zero attached hydrogens (tertiary/aromatic N) is 1. The van der Waals surface area contributed by atoms with Crippen LogP contribution in [0.2, 0.25) is 5.15 Å². The van der Waals surface area contributed by atoms with Crippen molar-refractivity contribution in [2.75, 3.05) is 6.54 Å². The number of nitrogens with one attached hydrogen (secondary N) is 1. The van der Waals surface area contributed by atoms with Gasteiger partial charge in [-0.25, -0.2) is 4.98 Å². The molecule has 2 aromatic heterocycles. The average Bonchev–Trinajstić information content (AvgIpc) is 2.90. The summed E-state index contributed by atoms with van der Waals surface area (Å²) in [4.78, 5) is 17.2. The summed E-state index contributed by atoms with van der Waals surface area (Å²) in [5, 5.41) is 5.26. The maximum atomic E-state index is 12.0. The van der Waals surface area contributed by atoms with E-state index in [-0.39, 0.29) is 11.3 Å². The van der Waals surface area contributed by atoms with Crippen molar-refractivity contribution in [3.63, 3.8) is 0 Å². The lowest BCUT2D eigenvalue weighted by Crippen LogP contribution is -2.36. The number of halogens is 1. The van der Waals surface area contributed by atoms with Gasteiger partial charge >= 0.3 is 0 Å². The van der Waals surface area contributed by atoms with Gasteiger partial charge < -0.3 is 5.32 Å². The summed E-state index contributed by atoms with van der Waals surface area (Å²) in [5.41, 5.74) is 0.247. The molecule has 0 unspecified atom stereocenters. The predicted molar refractivity (Wildman–Crippen MR) is 78.9 cm³/mol. The van der Waals surface area contributed by atoms with Crippen LogP contribution in [-0.2, 0) is 5.41 Å². The van der Waals surface area contributed by atoms with Gasteiger partial charge in [-0.3, -0.25) is 4.79 Å². The zero-order chi connectivity index (χ0) is 13.9. The summed E-state index contributed by atoms with van der Waals surface area (Å²) in [6.07, 6.45) is 0. The first-order valence-electron chi connectivity index (χ1n) is 5.94. The molecule has 0 aliphatic carbocycles. The Morgan fingerprint density at radius 1 is 1.37 bits per heavy atom. The van der Waals surface area contributed by atoms with Crippen LogP contribution in [0.5, 0.6) is 0 Å². The minimum absolute atomic E-state index is 0.0948. The number of carbonyl (C=O) groups is 1. The Hall–Kier alpha value is -1.39. The quantitative estimate of drug-likeness (QED) is 0.877. The van der Waals surface area contributed by atoms with Gasteiger partial charge in [0.05, 0.1) is 0 Å². The number of rotatable bonds is 4. The summed E-state index contributed by atoms with van der Waals surface area (Å²) >= 11 is 7.46. The molecule has 0 atom stereocenters. The minimum Gasteiger partial charge on any atom is -0.350 e. The van der Waals surface area contributed by atoms with E-state index in [0.717, 1.165) is 0 Å². The van der Waals surface area contributed by atoms with E-state index in [1.165, 1.54) is 4.88 Å². The Bertz CT molecular complexity index is 567. The van der Waals surface area contributed by atoms with Crippen LogP contribution in [0.15, 0.2) is 35.7 Å². The maximum absolute atomic E-state index is 12.0. The molecule has 19 heavy (non-hydrogen) atoms. The molecule has 0 radical (unpaired) electrons. The van der Waals surface area contributed by atoms with E-state index < -0.39 is 0 Å². The smallest absolute Gasteiger partial charge is 0.269 e. The summed E-state index contributed by atoms with van der Waals surface area (Å²) in [5.74, 6) is -0.202. The molecule has 0 spiro atoms. The second-order valence-electron chi connectivity index (χ2n) is 4.89. The summed E-state index contributed by atoms with van der Waals surface area (Å²) in [6, 6.07) is 9.11. The Balaban J connectivity index is 2.01. The number of hydrogen-bond donors (Lipinski definition) is 1. The highest BCUT2D eigenvalue weighted by atomic mass is 35.5. The average molecular weight is 295 g/mol. The van der Waals surface area contributed by atoms with Crippen LogP contribution in [0.3, 0.4) is 0 Å². The Labute approximate surface area is 121 Å². The molecule has 0 saturated carbocycles. The summed E-state index contributed by atoms with van der Waals surface area (Å²) in [6.45, 7) is 4.76. The lowest BCUT2D eigenvalue weighted by atomic mass is 9.91. The molecule has 2 rings (SSSR count). The molecule has 100 valence electrons. The van der Waals surface area contributed by atoms with E-state index in [9.17, 15) is 4.79 Å². The van der Waals surface area contributed by atoms with E-state index in [4.69, 9.17) is 11.6 Å². The van der Waals surface area contributed by atoms with Crippen molar-refractivity contribution in [2.24, 2.45) is 0 Å². The molecule has 0 bridgehead atoms. The van der Waals surface area contributed by atoms with Gasteiger partial charge in [0, 0.05) is 16.8 Å². The fraction of sp³-hybridized carbons (Fsp3) is 0.286. The maximum Gasteiger partial charge on any atom is 0.269 e. The standard InChI is InChI=1S/C14H15ClN2OS/c1-14(2,11-6-4-8-19-11)9-16-13(18)10-5-3-7-12(15)17-10/h3-8H,9H2,1-2H3,(H,16,18). The first kappa shape index (κ1) is 14.0. The fourth-order valence-corrected chi connectivity index (χ4v) is 2.69. The topological polar surface area (TPSA) is 42.0 Å². The molecule has 0 aromatic carbocycles. The van der Waals surface area contributed by atoms with Crippen molar-refractivity contribution < 1.29 is 4.79 Å². The Morgan fingerprint density at radius 3 is 2.79 bits per heavy atom. The van der Waals surface area contributed by atoms with E-state index >= 15 is 0 Å². The van der Waals surface area contributed by atoms with Crippen LogP contribution >= 0.6 is 22.9 Å². The van der Waals surface area contributed by atoms with Crippen molar-refractivity contribution >= 4 is 28.8 Å². The minimum atomic E-state index is -0.202. The molecular formula is C14H15ClN2OS. The number of pyridine rings is 1. The van der Waals surface area contributed by atoms with Crippen molar-refractivity contribution in [3.05, 3.63) is 51.4 Å². The second kappa shape index (κ2) is 5.72. The third-order valence-electron chi connectivity index (χ3n) is 2.83. The van der Waals surface area contributed by atoms with Crippen molar-refractivity contribution in [3.8, 4) is 0 Å². The largest absolute Gasteiger partial charge is 0.350 e. The van der Waals surface area contributed by atoms with Gasteiger partial charge in [-0.05, 0) is 23.6 Å². The first-order valence-corrected chi connectivity index (χ1v) is 7.19. The van der Waals surface area contributed by atoms with E-state index in [2.05, 4.69) is 30.2 Å². The highest BCUT2D eigenvalue weighted by Crippen LogP contribution is 2.26. The molecule has 1 amide bonds. The van der Waals surface area contributed by atoms with Crippen molar-refractivity contribution in [1.29, 1.82) is 0 Å². The van der Waals surface area contributed by atoms with Crippen molar-refractivity contribution in [2.45, 2.75) is 19.3 Å². The molecule has 0 aliphatic heterocycles. The third kappa shape index (κ3) is 3.55. The Kier molecular flexibility index (Phi) is 4.22. The van der Waals surface area contributed by atoms with E-state index in [1.54, 1.807) is 29.5 Å². The van der Waals surface area contributed by atoms with Gasteiger partial charge in [0.1, 0.15) is 10.8 Å². The zero-order valence-electron chi connectivity index (χ0n) is 10.8. The van der Waals surface area contributed by atoms with Gasteiger partial charge in [0.25, 0.3) is 5.91 Å². The molecule has 2 aromatic rings. The van der Waals surface area contributed by atoms with Gasteiger partial charge in [-0.15, -0.1) is 11.3 Å². The van der Waals surface area contributed by atoms with Crippen LogP contribution in [0, 0.1) is 0 Å². The van der Waals surface area contributed by atoms with Crippen LogP contribution in [0.4, 0.5) is 0 Å². The monoisotopic (exact) mass is 294 g/mol. The molecule has 0 aliphatic rings. The predicted octanol–water partition coefficient (Wildman–Crippen LogP) is 3.50. The van der Waals surface area contributed by atoms with E-state index in [0.29, 0.717) is 17.4 Å². The Morgan fingerprint density at radius 2 is 2.16 bits per heavy atom. The first-order chi connectivity index (χ1) is 8.99. The SMILES string of the molecule is CC(C)(CNC(=O)c1cccc(Cl)n1)c1cccs1. The molecule has 2 heterocycles. The highest BCUT2D eigenvalue weighted by Gasteiger charge is 2.22. The van der Waals surface area contributed by atoms with E-state index in [1.807, 2.05) is 11.4 Å². The van der Waals surface area contributed by atoms with Gasteiger partial charge in [0.15, 0.2) is 0 Å². The number of aromatic nitrogens is 1. The fourth-order valence-electron chi connectivity index (χ4n) is 1.68. The van der Waals surface area contributed by atoms with Crippen molar-refractivity contribution in [1.82, 2.24) is 10.3 Å². The highest BCUT2D eigenvalue weighted by molar-refractivity contribution is 7.10. The van der Waals surface area contributed by atoms with Gasteiger partial charge in [-0.1, -0.05) is 37.6 Å². The number of amides is 1. The summed E-state index contributed by atoms with van der Waals surface area (Å²) < 4.78 is 0. The molecule has 1 N–H and O–H groups in total. The number of thiophene rings is 1. The summed E-state index contributed by atoms with van der Waals surface area (Å²) in [7, 11) is 0. The van der Waals surface area contributed by atoms with Crippen LogP contribution < -0.4 is 5.32 Å². The number of hydrogen-bond acceptors (Lipinski definition) is 3. The molecule has 5 heteroatoms. The number of carbonyl (C=O) groups excluding carboxylic acids is 1. The normalized spacial score (nSPS) is 11.3. The lowest BCUT2D eigenvalue weighted by molar-refractivity contribution is 0.0941. The zero-order valence-corrected chi connectivity index (χ0v) is 12.4. The third-order valence-corrected chi connectivity index (χ3v) is 4.27. The van der Waals surface area contributed by atoms with Crippen LogP contribution in [-0.4, -0.2) is 17.4 Å².